The summed E-state index contributed by atoms with van der Waals surface area (Å²) in [5.41, 5.74) is 1.05. The number of nitrogens with zero attached hydrogens (tertiary/aromatic N) is 3. The number of rotatable bonds is 1. The maximum atomic E-state index is 11.8. The molecule has 0 radical (unpaired) electrons. The SMILES string of the molecule is CN1CCCN(c2nc3c(s2)C(=O)CCC3)CC1. The van der Waals surface area contributed by atoms with E-state index in [-0.39, 0.29) is 0 Å². The van der Waals surface area contributed by atoms with Crippen molar-refractivity contribution in [1.29, 1.82) is 0 Å². The molecule has 0 bridgehead atoms. The second kappa shape index (κ2) is 4.97. The summed E-state index contributed by atoms with van der Waals surface area (Å²) < 4.78 is 0. The Bertz CT molecular complexity index is 457. The van der Waals surface area contributed by atoms with Crippen LogP contribution in [0.1, 0.15) is 34.6 Å². The van der Waals surface area contributed by atoms with Gasteiger partial charge in [0.05, 0.1) is 10.6 Å². The fraction of sp³-hybridized carbons (Fsp3) is 0.692. The lowest BCUT2D eigenvalue weighted by Gasteiger charge is -2.19. The van der Waals surface area contributed by atoms with E-state index >= 15 is 0 Å². The average Bonchev–Trinajstić information content (AvgIpc) is 2.67. The summed E-state index contributed by atoms with van der Waals surface area (Å²) in [6, 6.07) is 0. The molecule has 0 aromatic carbocycles. The van der Waals surface area contributed by atoms with Crippen molar-refractivity contribution >= 4 is 22.3 Å². The highest BCUT2D eigenvalue weighted by molar-refractivity contribution is 7.17. The molecule has 4 nitrogen and oxygen atoms in total. The second-order valence-electron chi connectivity index (χ2n) is 5.19. The van der Waals surface area contributed by atoms with Crippen LogP contribution in [0.3, 0.4) is 0 Å². The van der Waals surface area contributed by atoms with Crippen LogP contribution < -0.4 is 4.90 Å². The first kappa shape index (κ1) is 12.1. The zero-order valence-corrected chi connectivity index (χ0v) is 11.6. The molecule has 1 fully saturated rings. The van der Waals surface area contributed by atoms with E-state index in [1.807, 2.05) is 0 Å². The highest BCUT2D eigenvalue weighted by Crippen LogP contribution is 2.32. The number of carbonyl (C=O) groups excluding carboxylic acids is 1. The molecule has 5 heteroatoms. The van der Waals surface area contributed by atoms with Gasteiger partial charge in [-0.2, -0.15) is 0 Å². The summed E-state index contributed by atoms with van der Waals surface area (Å²) >= 11 is 1.61. The molecule has 1 aromatic heterocycles. The average molecular weight is 265 g/mol. The quantitative estimate of drug-likeness (QED) is 0.776. The van der Waals surface area contributed by atoms with E-state index in [2.05, 4.69) is 16.8 Å². The second-order valence-corrected chi connectivity index (χ2v) is 6.17. The van der Waals surface area contributed by atoms with Crippen LogP contribution in [-0.4, -0.2) is 48.9 Å². The fourth-order valence-electron chi connectivity index (χ4n) is 2.63. The van der Waals surface area contributed by atoms with Crippen LogP contribution in [0.4, 0.5) is 5.13 Å². The van der Waals surface area contributed by atoms with E-state index in [0.717, 1.165) is 54.7 Å². The summed E-state index contributed by atoms with van der Waals surface area (Å²) in [7, 11) is 2.17. The van der Waals surface area contributed by atoms with Crippen LogP contribution in [0.25, 0.3) is 0 Å². The van der Waals surface area contributed by atoms with Crippen LogP contribution in [-0.2, 0) is 6.42 Å². The molecule has 2 aliphatic rings. The number of anilines is 1. The van der Waals surface area contributed by atoms with E-state index in [9.17, 15) is 4.79 Å². The minimum Gasteiger partial charge on any atom is -0.347 e. The lowest BCUT2D eigenvalue weighted by molar-refractivity contribution is 0.0976. The monoisotopic (exact) mass is 265 g/mol. The Morgan fingerprint density at radius 1 is 1.11 bits per heavy atom. The van der Waals surface area contributed by atoms with Gasteiger partial charge in [-0.15, -0.1) is 0 Å². The minimum absolute atomic E-state index is 0.298. The van der Waals surface area contributed by atoms with Crippen LogP contribution >= 0.6 is 11.3 Å². The fourth-order valence-corrected chi connectivity index (χ4v) is 3.76. The summed E-state index contributed by atoms with van der Waals surface area (Å²) in [5, 5.41) is 1.06. The molecule has 0 saturated carbocycles. The molecule has 3 rings (SSSR count). The molecule has 0 unspecified atom stereocenters. The van der Waals surface area contributed by atoms with Gasteiger partial charge in [-0.05, 0) is 32.9 Å². The Hall–Kier alpha value is -0.940. The molecule has 1 aromatic rings. The van der Waals surface area contributed by atoms with Crippen LogP contribution in [0, 0.1) is 0 Å². The van der Waals surface area contributed by atoms with Crippen molar-refractivity contribution in [2.75, 3.05) is 38.1 Å². The Balaban J connectivity index is 1.82. The minimum atomic E-state index is 0.298. The first-order valence-electron chi connectivity index (χ1n) is 6.70. The van der Waals surface area contributed by atoms with Gasteiger partial charge in [-0.3, -0.25) is 4.79 Å². The molecule has 0 spiro atoms. The van der Waals surface area contributed by atoms with Crippen LogP contribution in [0.15, 0.2) is 0 Å². The number of hydrogen-bond donors (Lipinski definition) is 0. The maximum Gasteiger partial charge on any atom is 0.186 e. The van der Waals surface area contributed by atoms with Crippen LogP contribution in [0.5, 0.6) is 0 Å². The van der Waals surface area contributed by atoms with Gasteiger partial charge >= 0.3 is 0 Å². The maximum absolute atomic E-state index is 11.8. The Morgan fingerprint density at radius 3 is 2.83 bits per heavy atom. The standard InChI is InChI=1S/C13H19N3OS/c1-15-6-3-7-16(9-8-15)13-14-10-4-2-5-11(17)12(10)18-13/h2-9H2,1H3. The normalized spacial score (nSPS) is 21.8. The molecule has 98 valence electrons. The molecule has 18 heavy (non-hydrogen) atoms. The van der Waals surface area contributed by atoms with Crippen molar-refractivity contribution in [2.24, 2.45) is 0 Å². The van der Waals surface area contributed by atoms with Gasteiger partial charge in [0, 0.05) is 26.1 Å². The lowest BCUT2D eigenvalue weighted by atomic mass is 10.0. The number of ketones is 1. The third-order valence-electron chi connectivity index (χ3n) is 3.75. The van der Waals surface area contributed by atoms with E-state index in [4.69, 9.17) is 4.98 Å². The van der Waals surface area contributed by atoms with Gasteiger partial charge < -0.3 is 9.80 Å². The summed E-state index contributed by atoms with van der Waals surface area (Å²) in [4.78, 5) is 22.2. The molecule has 1 saturated heterocycles. The van der Waals surface area contributed by atoms with Gasteiger partial charge in [0.25, 0.3) is 0 Å². The van der Waals surface area contributed by atoms with E-state index in [1.165, 1.54) is 6.42 Å². The summed E-state index contributed by atoms with van der Waals surface area (Å²) in [6.07, 6.45) is 3.83. The molecule has 0 amide bonds. The topological polar surface area (TPSA) is 36.4 Å². The predicted octanol–water partition coefficient (Wildman–Crippen LogP) is 1.80. The number of fused-ring (bicyclic) bond motifs is 1. The van der Waals surface area contributed by atoms with Gasteiger partial charge in [0.1, 0.15) is 0 Å². The summed E-state index contributed by atoms with van der Waals surface area (Å²) in [6.45, 7) is 4.32. The van der Waals surface area contributed by atoms with Gasteiger partial charge in [-0.25, -0.2) is 4.98 Å². The molecule has 1 aliphatic carbocycles. The van der Waals surface area contributed by atoms with Crippen LogP contribution in [0.2, 0.25) is 0 Å². The molecular weight excluding hydrogens is 246 g/mol. The summed E-state index contributed by atoms with van der Waals surface area (Å²) in [5.74, 6) is 0.298. The molecule has 0 N–H and O–H groups in total. The van der Waals surface area contributed by atoms with Crippen molar-refractivity contribution in [3.05, 3.63) is 10.6 Å². The zero-order valence-electron chi connectivity index (χ0n) is 10.8. The molecular formula is C13H19N3OS. The van der Waals surface area contributed by atoms with Crippen molar-refractivity contribution in [1.82, 2.24) is 9.88 Å². The van der Waals surface area contributed by atoms with Gasteiger partial charge in [0.15, 0.2) is 10.9 Å². The smallest absolute Gasteiger partial charge is 0.186 e. The number of thiazole rings is 1. The first-order valence-corrected chi connectivity index (χ1v) is 7.52. The highest BCUT2D eigenvalue weighted by Gasteiger charge is 2.24. The van der Waals surface area contributed by atoms with E-state index in [0.29, 0.717) is 12.2 Å². The molecule has 0 atom stereocenters. The van der Waals surface area contributed by atoms with Gasteiger partial charge in [0.2, 0.25) is 0 Å². The third-order valence-corrected chi connectivity index (χ3v) is 4.95. The number of Topliss-reactive ketones (excluding diaryl/α,β-unsaturated/α-hetero) is 1. The largest absolute Gasteiger partial charge is 0.347 e. The number of hydrogen-bond acceptors (Lipinski definition) is 5. The van der Waals surface area contributed by atoms with Crippen molar-refractivity contribution in [2.45, 2.75) is 25.7 Å². The van der Waals surface area contributed by atoms with Crippen molar-refractivity contribution in [3.63, 3.8) is 0 Å². The highest BCUT2D eigenvalue weighted by atomic mass is 32.1. The Kier molecular flexibility index (Phi) is 3.35. The molecule has 2 heterocycles. The predicted molar refractivity (Wildman–Crippen MR) is 73.7 cm³/mol. The van der Waals surface area contributed by atoms with E-state index < -0.39 is 0 Å². The first-order chi connectivity index (χ1) is 8.74. The van der Waals surface area contributed by atoms with Gasteiger partial charge in [-0.1, -0.05) is 11.3 Å². The number of aryl methyl sites for hydroxylation is 1. The molecule has 1 aliphatic heterocycles. The lowest BCUT2D eigenvalue weighted by Crippen LogP contribution is -2.28. The van der Waals surface area contributed by atoms with E-state index in [1.54, 1.807) is 11.3 Å². The number of likely N-dealkylation sites (N-methyl/N-ethyl adjacent to an activating group) is 1. The zero-order chi connectivity index (χ0) is 12.5. The van der Waals surface area contributed by atoms with Crippen molar-refractivity contribution in [3.8, 4) is 0 Å². The Morgan fingerprint density at radius 2 is 2.00 bits per heavy atom. The number of aromatic nitrogens is 1. The van der Waals surface area contributed by atoms with Crippen molar-refractivity contribution < 1.29 is 4.79 Å². The third kappa shape index (κ3) is 2.29. The number of carbonyl (C=O) groups is 1. The Labute approximate surface area is 112 Å².